The first-order chi connectivity index (χ1) is 12.0. The third-order valence-corrected chi connectivity index (χ3v) is 5.57. The van der Waals surface area contributed by atoms with Crippen LogP contribution in [-0.4, -0.2) is 16.6 Å². The van der Waals surface area contributed by atoms with Gasteiger partial charge in [-0.1, -0.05) is 41.5 Å². The standard InChI is InChI=1S/C20H20N2OS2/c1-13-4-7-16(8-5-13)24-12-19(23)22-20-21-18(11-25-20)17-9-6-14(2)10-15(17)3/h4-11H,12H2,1-3H3,(H,21,22,23). The Morgan fingerprint density at radius 2 is 1.80 bits per heavy atom. The Morgan fingerprint density at radius 3 is 2.52 bits per heavy atom. The zero-order chi connectivity index (χ0) is 17.8. The molecule has 1 heterocycles. The van der Waals surface area contributed by atoms with E-state index in [4.69, 9.17) is 0 Å². The lowest BCUT2D eigenvalue weighted by Crippen LogP contribution is -2.13. The minimum atomic E-state index is -0.0351. The van der Waals surface area contributed by atoms with Crippen molar-refractivity contribution in [2.45, 2.75) is 25.7 Å². The van der Waals surface area contributed by atoms with Crippen molar-refractivity contribution in [1.29, 1.82) is 0 Å². The van der Waals surface area contributed by atoms with Crippen molar-refractivity contribution in [3.8, 4) is 11.3 Å². The van der Waals surface area contributed by atoms with E-state index in [1.165, 1.54) is 39.8 Å². The summed E-state index contributed by atoms with van der Waals surface area (Å²) < 4.78 is 0. The number of benzene rings is 2. The number of amides is 1. The monoisotopic (exact) mass is 368 g/mol. The molecule has 1 aromatic heterocycles. The Bertz CT molecular complexity index is 885. The molecule has 0 bridgehead atoms. The number of thiazole rings is 1. The van der Waals surface area contributed by atoms with Gasteiger partial charge in [-0.3, -0.25) is 4.79 Å². The molecular weight excluding hydrogens is 348 g/mol. The summed E-state index contributed by atoms with van der Waals surface area (Å²) in [7, 11) is 0. The Labute approximate surface area is 156 Å². The number of aryl methyl sites for hydroxylation is 3. The fourth-order valence-corrected chi connectivity index (χ4v) is 3.92. The zero-order valence-corrected chi connectivity index (χ0v) is 16.1. The molecule has 0 radical (unpaired) electrons. The van der Waals surface area contributed by atoms with Gasteiger partial charge in [0.25, 0.3) is 0 Å². The van der Waals surface area contributed by atoms with Crippen molar-refractivity contribution in [2.24, 2.45) is 0 Å². The average molecular weight is 369 g/mol. The van der Waals surface area contributed by atoms with Crippen LogP contribution >= 0.6 is 23.1 Å². The lowest BCUT2D eigenvalue weighted by Gasteiger charge is -2.04. The second kappa shape index (κ2) is 7.85. The van der Waals surface area contributed by atoms with Gasteiger partial charge in [-0.15, -0.1) is 23.1 Å². The number of nitrogens with one attached hydrogen (secondary N) is 1. The van der Waals surface area contributed by atoms with E-state index >= 15 is 0 Å². The van der Waals surface area contributed by atoms with E-state index in [0.29, 0.717) is 10.9 Å². The highest BCUT2D eigenvalue weighted by Gasteiger charge is 2.10. The fraction of sp³-hybridized carbons (Fsp3) is 0.200. The van der Waals surface area contributed by atoms with Crippen molar-refractivity contribution in [3.05, 3.63) is 64.5 Å². The second-order valence-corrected chi connectivity index (χ2v) is 7.91. The number of thioether (sulfide) groups is 1. The van der Waals surface area contributed by atoms with Crippen LogP contribution in [0.1, 0.15) is 16.7 Å². The summed E-state index contributed by atoms with van der Waals surface area (Å²) in [6.45, 7) is 6.21. The van der Waals surface area contributed by atoms with E-state index in [9.17, 15) is 4.79 Å². The minimum Gasteiger partial charge on any atom is -0.301 e. The van der Waals surface area contributed by atoms with Gasteiger partial charge in [-0.2, -0.15) is 0 Å². The third-order valence-electron chi connectivity index (χ3n) is 3.80. The zero-order valence-electron chi connectivity index (χ0n) is 14.5. The number of nitrogens with zero attached hydrogens (tertiary/aromatic N) is 1. The summed E-state index contributed by atoms with van der Waals surface area (Å²) in [5, 5.41) is 5.52. The highest BCUT2D eigenvalue weighted by molar-refractivity contribution is 8.00. The van der Waals surface area contributed by atoms with Crippen LogP contribution in [0.2, 0.25) is 0 Å². The van der Waals surface area contributed by atoms with Crippen LogP contribution in [-0.2, 0) is 4.79 Å². The summed E-state index contributed by atoms with van der Waals surface area (Å²) in [4.78, 5) is 17.8. The van der Waals surface area contributed by atoms with E-state index in [2.05, 4.69) is 61.4 Å². The van der Waals surface area contributed by atoms with E-state index < -0.39 is 0 Å². The van der Waals surface area contributed by atoms with Gasteiger partial charge in [0, 0.05) is 15.8 Å². The normalized spacial score (nSPS) is 10.7. The van der Waals surface area contributed by atoms with Crippen LogP contribution in [0.3, 0.4) is 0 Å². The van der Waals surface area contributed by atoms with Gasteiger partial charge in [-0.05, 0) is 38.5 Å². The summed E-state index contributed by atoms with van der Waals surface area (Å²) in [5.41, 5.74) is 5.66. The van der Waals surface area contributed by atoms with Gasteiger partial charge in [0.15, 0.2) is 5.13 Å². The largest absolute Gasteiger partial charge is 0.301 e. The van der Waals surface area contributed by atoms with E-state index in [1.54, 1.807) is 0 Å². The number of anilines is 1. The maximum absolute atomic E-state index is 12.1. The van der Waals surface area contributed by atoms with Gasteiger partial charge in [0.1, 0.15) is 0 Å². The lowest BCUT2D eigenvalue weighted by atomic mass is 10.0. The molecule has 0 aliphatic heterocycles. The predicted molar refractivity (Wildman–Crippen MR) is 108 cm³/mol. The van der Waals surface area contributed by atoms with Crippen molar-refractivity contribution < 1.29 is 4.79 Å². The molecule has 0 aliphatic rings. The molecule has 5 heteroatoms. The maximum Gasteiger partial charge on any atom is 0.236 e. The molecule has 0 atom stereocenters. The fourth-order valence-electron chi connectivity index (χ4n) is 2.49. The molecule has 0 unspecified atom stereocenters. The van der Waals surface area contributed by atoms with E-state index in [0.717, 1.165) is 16.2 Å². The van der Waals surface area contributed by atoms with Crippen LogP contribution in [0.25, 0.3) is 11.3 Å². The summed E-state index contributed by atoms with van der Waals surface area (Å²) in [5.74, 6) is 0.341. The highest BCUT2D eigenvalue weighted by atomic mass is 32.2. The molecule has 0 spiro atoms. The average Bonchev–Trinajstić information content (AvgIpc) is 3.02. The van der Waals surface area contributed by atoms with Gasteiger partial charge < -0.3 is 5.32 Å². The molecule has 3 nitrogen and oxygen atoms in total. The Kier molecular flexibility index (Phi) is 5.56. The van der Waals surface area contributed by atoms with Crippen molar-refractivity contribution >= 4 is 34.1 Å². The molecule has 128 valence electrons. The van der Waals surface area contributed by atoms with Crippen molar-refractivity contribution in [2.75, 3.05) is 11.1 Å². The van der Waals surface area contributed by atoms with Crippen LogP contribution in [0.4, 0.5) is 5.13 Å². The smallest absolute Gasteiger partial charge is 0.236 e. The molecule has 0 saturated carbocycles. The number of rotatable bonds is 5. The Morgan fingerprint density at radius 1 is 1.08 bits per heavy atom. The molecular formula is C20H20N2OS2. The first kappa shape index (κ1) is 17.7. The second-order valence-electron chi connectivity index (χ2n) is 6.01. The molecule has 1 N–H and O–H groups in total. The number of aromatic nitrogens is 1. The van der Waals surface area contributed by atoms with E-state index in [-0.39, 0.29) is 5.91 Å². The van der Waals surface area contributed by atoms with Gasteiger partial charge >= 0.3 is 0 Å². The maximum atomic E-state index is 12.1. The first-order valence-electron chi connectivity index (χ1n) is 8.04. The predicted octanol–water partition coefficient (Wildman–Crippen LogP) is 5.47. The van der Waals surface area contributed by atoms with Crippen molar-refractivity contribution in [1.82, 2.24) is 4.98 Å². The molecule has 25 heavy (non-hydrogen) atoms. The number of carbonyl (C=O) groups excluding carboxylic acids is 1. The third kappa shape index (κ3) is 4.71. The molecule has 0 saturated heterocycles. The van der Waals surface area contributed by atoms with Gasteiger partial charge in [-0.25, -0.2) is 4.98 Å². The van der Waals surface area contributed by atoms with E-state index in [1.807, 2.05) is 17.5 Å². The van der Waals surface area contributed by atoms with Gasteiger partial charge in [0.2, 0.25) is 5.91 Å². The molecule has 0 fully saturated rings. The number of hydrogen-bond acceptors (Lipinski definition) is 4. The SMILES string of the molecule is Cc1ccc(SCC(=O)Nc2nc(-c3ccc(C)cc3C)cs2)cc1. The molecule has 0 aliphatic carbocycles. The highest BCUT2D eigenvalue weighted by Crippen LogP contribution is 2.28. The minimum absolute atomic E-state index is 0.0351. The van der Waals surface area contributed by atoms with Gasteiger partial charge in [0.05, 0.1) is 11.4 Å². The molecule has 2 aromatic carbocycles. The first-order valence-corrected chi connectivity index (χ1v) is 9.90. The summed E-state index contributed by atoms with van der Waals surface area (Å²) in [6, 6.07) is 14.5. The summed E-state index contributed by atoms with van der Waals surface area (Å²) >= 11 is 2.99. The Hall–Kier alpha value is -2.11. The molecule has 3 rings (SSSR count). The van der Waals surface area contributed by atoms with Crippen molar-refractivity contribution in [3.63, 3.8) is 0 Å². The molecule has 1 amide bonds. The molecule has 3 aromatic rings. The number of hydrogen-bond donors (Lipinski definition) is 1. The van der Waals surface area contributed by atoms with Crippen LogP contribution in [0, 0.1) is 20.8 Å². The van der Waals surface area contributed by atoms with Crippen LogP contribution < -0.4 is 5.32 Å². The number of carbonyl (C=O) groups is 1. The summed E-state index contributed by atoms with van der Waals surface area (Å²) in [6.07, 6.45) is 0. The van der Waals surface area contributed by atoms with Crippen LogP contribution in [0.15, 0.2) is 52.7 Å². The Balaban J connectivity index is 1.60. The topological polar surface area (TPSA) is 42.0 Å². The van der Waals surface area contributed by atoms with Crippen LogP contribution in [0.5, 0.6) is 0 Å². The quantitative estimate of drug-likeness (QED) is 0.608. The lowest BCUT2D eigenvalue weighted by molar-refractivity contribution is -0.113.